The van der Waals surface area contributed by atoms with E-state index >= 15 is 0 Å². The fraction of sp³-hybridized carbons (Fsp3) is 0.462. The summed E-state index contributed by atoms with van der Waals surface area (Å²) in [5.41, 5.74) is 6.83. The van der Waals surface area contributed by atoms with Crippen LogP contribution >= 0.6 is 15.9 Å². The van der Waals surface area contributed by atoms with E-state index in [1.165, 1.54) is 7.11 Å². The van der Waals surface area contributed by atoms with Gasteiger partial charge in [0.15, 0.2) is 0 Å². The van der Waals surface area contributed by atoms with Gasteiger partial charge in [-0.25, -0.2) is 0 Å². The predicted molar refractivity (Wildman–Crippen MR) is 73.6 cm³/mol. The number of carbonyl (C=O) groups is 1. The van der Waals surface area contributed by atoms with E-state index < -0.39 is 0 Å². The fourth-order valence-corrected chi connectivity index (χ4v) is 2.08. The lowest BCUT2D eigenvalue weighted by Crippen LogP contribution is -2.18. The van der Waals surface area contributed by atoms with Gasteiger partial charge in [-0.1, -0.05) is 12.1 Å². The smallest absolute Gasteiger partial charge is 0.308 e. The molecule has 0 fully saturated rings. The second-order valence-electron chi connectivity index (χ2n) is 4.08. The third-order valence-electron chi connectivity index (χ3n) is 2.37. The molecule has 1 aromatic carbocycles. The first-order chi connectivity index (χ1) is 8.54. The van der Waals surface area contributed by atoms with Crippen LogP contribution in [0.5, 0.6) is 5.75 Å². The average molecular weight is 316 g/mol. The van der Waals surface area contributed by atoms with Crippen LogP contribution in [0.1, 0.15) is 18.9 Å². The van der Waals surface area contributed by atoms with E-state index in [1.54, 1.807) is 0 Å². The van der Waals surface area contributed by atoms with Crippen LogP contribution in [0.2, 0.25) is 0 Å². The standard InChI is InChI=1S/C13H18BrNO3/c1-9(15)8-10-4-3-5-11(14)13(10)18-7-6-12(16)17-2/h3-5,9H,6-8,15H2,1-2H3. The lowest BCUT2D eigenvalue weighted by molar-refractivity contribution is -0.141. The summed E-state index contributed by atoms with van der Waals surface area (Å²) in [6.07, 6.45) is 0.961. The quantitative estimate of drug-likeness (QED) is 0.818. The Hall–Kier alpha value is -1.07. The van der Waals surface area contributed by atoms with Crippen LogP contribution in [0.4, 0.5) is 0 Å². The number of nitrogens with two attached hydrogens (primary N) is 1. The molecule has 2 N–H and O–H groups in total. The van der Waals surface area contributed by atoms with Crippen molar-refractivity contribution in [3.05, 3.63) is 28.2 Å². The highest BCUT2D eigenvalue weighted by Crippen LogP contribution is 2.30. The van der Waals surface area contributed by atoms with Gasteiger partial charge in [-0.3, -0.25) is 4.79 Å². The van der Waals surface area contributed by atoms with Crippen molar-refractivity contribution >= 4 is 21.9 Å². The van der Waals surface area contributed by atoms with Crippen LogP contribution in [0.25, 0.3) is 0 Å². The van der Waals surface area contributed by atoms with Gasteiger partial charge in [-0.15, -0.1) is 0 Å². The van der Waals surface area contributed by atoms with Gasteiger partial charge >= 0.3 is 5.97 Å². The molecule has 0 aliphatic heterocycles. The minimum absolute atomic E-state index is 0.0576. The number of hydrogen-bond acceptors (Lipinski definition) is 4. The van der Waals surface area contributed by atoms with Gasteiger partial charge in [0.25, 0.3) is 0 Å². The zero-order valence-electron chi connectivity index (χ0n) is 10.6. The van der Waals surface area contributed by atoms with Crippen molar-refractivity contribution in [3.8, 4) is 5.75 Å². The van der Waals surface area contributed by atoms with Gasteiger partial charge in [0.2, 0.25) is 0 Å². The van der Waals surface area contributed by atoms with Crippen LogP contribution < -0.4 is 10.5 Å². The number of para-hydroxylation sites is 1. The summed E-state index contributed by atoms with van der Waals surface area (Å²) in [6, 6.07) is 5.87. The van der Waals surface area contributed by atoms with Crippen molar-refractivity contribution in [1.29, 1.82) is 0 Å². The largest absolute Gasteiger partial charge is 0.492 e. The number of methoxy groups -OCH3 is 1. The first-order valence-corrected chi connectivity index (χ1v) is 6.56. The Morgan fingerprint density at radius 1 is 1.50 bits per heavy atom. The van der Waals surface area contributed by atoms with E-state index in [-0.39, 0.29) is 18.4 Å². The van der Waals surface area contributed by atoms with Crippen molar-refractivity contribution in [2.24, 2.45) is 5.73 Å². The summed E-state index contributed by atoms with van der Waals surface area (Å²) >= 11 is 3.44. The summed E-state index contributed by atoms with van der Waals surface area (Å²) in [5, 5.41) is 0. The van der Waals surface area contributed by atoms with Gasteiger partial charge in [0.1, 0.15) is 5.75 Å². The van der Waals surface area contributed by atoms with Gasteiger partial charge in [-0.05, 0) is 40.9 Å². The Morgan fingerprint density at radius 2 is 2.22 bits per heavy atom. The molecule has 0 aromatic heterocycles. The average Bonchev–Trinajstić information content (AvgIpc) is 2.31. The molecule has 1 rings (SSSR count). The summed E-state index contributed by atoms with van der Waals surface area (Å²) in [6.45, 7) is 2.24. The number of halogens is 1. The molecule has 5 heteroatoms. The molecule has 100 valence electrons. The first kappa shape index (κ1) is 15.0. The number of hydrogen-bond donors (Lipinski definition) is 1. The van der Waals surface area contributed by atoms with E-state index in [9.17, 15) is 4.79 Å². The second kappa shape index (κ2) is 7.38. The molecule has 0 spiro atoms. The minimum Gasteiger partial charge on any atom is -0.492 e. The maximum absolute atomic E-state index is 11.0. The molecule has 4 nitrogen and oxygen atoms in total. The molecular formula is C13H18BrNO3. The van der Waals surface area contributed by atoms with E-state index in [0.717, 1.165) is 22.2 Å². The topological polar surface area (TPSA) is 61.5 Å². The monoisotopic (exact) mass is 315 g/mol. The van der Waals surface area contributed by atoms with Crippen LogP contribution in [-0.2, 0) is 16.0 Å². The van der Waals surface area contributed by atoms with Gasteiger partial charge in [0.05, 0.1) is 24.6 Å². The third kappa shape index (κ3) is 4.66. The molecule has 0 amide bonds. The summed E-state index contributed by atoms with van der Waals surface area (Å²) in [4.78, 5) is 11.0. The van der Waals surface area contributed by atoms with Crippen molar-refractivity contribution in [3.63, 3.8) is 0 Å². The van der Waals surface area contributed by atoms with Crippen molar-refractivity contribution in [2.75, 3.05) is 13.7 Å². The highest BCUT2D eigenvalue weighted by atomic mass is 79.9. The SMILES string of the molecule is COC(=O)CCOc1c(Br)cccc1CC(C)N. The predicted octanol–water partition coefficient (Wildman–Crippen LogP) is 2.28. The van der Waals surface area contributed by atoms with Crippen LogP contribution in [0, 0.1) is 0 Å². The Kier molecular flexibility index (Phi) is 6.15. The Morgan fingerprint density at radius 3 is 2.83 bits per heavy atom. The van der Waals surface area contributed by atoms with Crippen molar-refractivity contribution in [2.45, 2.75) is 25.8 Å². The summed E-state index contributed by atoms with van der Waals surface area (Å²) in [5.74, 6) is 0.467. The van der Waals surface area contributed by atoms with Gasteiger partial charge < -0.3 is 15.2 Å². The lowest BCUT2D eigenvalue weighted by atomic mass is 10.1. The molecule has 1 unspecified atom stereocenters. The molecule has 1 atom stereocenters. The van der Waals surface area contributed by atoms with E-state index in [0.29, 0.717) is 6.61 Å². The maximum atomic E-state index is 11.0. The molecule has 1 aromatic rings. The molecule has 0 aliphatic carbocycles. The van der Waals surface area contributed by atoms with E-state index in [1.807, 2.05) is 25.1 Å². The minimum atomic E-state index is -0.282. The number of ether oxygens (including phenoxy) is 2. The second-order valence-corrected chi connectivity index (χ2v) is 4.94. The van der Waals surface area contributed by atoms with E-state index in [2.05, 4.69) is 20.7 Å². The highest BCUT2D eigenvalue weighted by Gasteiger charge is 2.10. The zero-order valence-corrected chi connectivity index (χ0v) is 12.2. The van der Waals surface area contributed by atoms with E-state index in [4.69, 9.17) is 10.5 Å². The molecule has 0 bridgehead atoms. The summed E-state index contributed by atoms with van der Waals surface area (Å²) in [7, 11) is 1.36. The summed E-state index contributed by atoms with van der Waals surface area (Å²) < 4.78 is 11.1. The number of rotatable bonds is 6. The molecule has 0 saturated carbocycles. The van der Waals surface area contributed by atoms with Crippen LogP contribution in [0.3, 0.4) is 0 Å². The normalized spacial score (nSPS) is 12.0. The third-order valence-corrected chi connectivity index (χ3v) is 3.00. The van der Waals surface area contributed by atoms with Crippen LogP contribution in [0.15, 0.2) is 22.7 Å². The lowest BCUT2D eigenvalue weighted by Gasteiger charge is -2.14. The van der Waals surface area contributed by atoms with Gasteiger partial charge in [-0.2, -0.15) is 0 Å². The zero-order chi connectivity index (χ0) is 13.5. The van der Waals surface area contributed by atoms with Crippen molar-refractivity contribution in [1.82, 2.24) is 0 Å². The molecule has 0 aliphatic rings. The Bertz CT molecular complexity index is 407. The number of benzene rings is 1. The fourth-order valence-electron chi connectivity index (χ4n) is 1.56. The highest BCUT2D eigenvalue weighted by molar-refractivity contribution is 9.10. The Balaban J connectivity index is 2.70. The molecule has 0 heterocycles. The number of esters is 1. The number of carbonyl (C=O) groups excluding carboxylic acids is 1. The maximum Gasteiger partial charge on any atom is 0.308 e. The first-order valence-electron chi connectivity index (χ1n) is 5.77. The molecular weight excluding hydrogens is 298 g/mol. The van der Waals surface area contributed by atoms with Crippen LogP contribution in [-0.4, -0.2) is 25.7 Å². The molecule has 18 heavy (non-hydrogen) atoms. The molecule has 0 saturated heterocycles. The van der Waals surface area contributed by atoms with Crippen molar-refractivity contribution < 1.29 is 14.3 Å². The van der Waals surface area contributed by atoms with Gasteiger partial charge in [0, 0.05) is 6.04 Å². The molecule has 0 radical (unpaired) electrons. The Labute approximate surface area is 116 Å².